The Labute approximate surface area is 114 Å². The minimum absolute atomic E-state index is 0. The van der Waals surface area contributed by atoms with Crippen LogP contribution in [0.1, 0.15) is 27.8 Å². The third-order valence-corrected chi connectivity index (χ3v) is 2.81. The van der Waals surface area contributed by atoms with Gasteiger partial charge in [0, 0.05) is 0 Å². The van der Waals surface area contributed by atoms with Crippen molar-refractivity contribution in [2.75, 3.05) is 0 Å². The van der Waals surface area contributed by atoms with Gasteiger partial charge in [-0.1, -0.05) is 34.6 Å². The molecule has 0 nitrogen and oxygen atoms in total. The van der Waals surface area contributed by atoms with Gasteiger partial charge in [0.2, 0.25) is 0 Å². The van der Waals surface area contributed by atoms with Crippen molar-refractivity contribution in [3.63, 3.8) is 0 Å². The Morgan fingerprint density at radius 2 is 0.867 bits per heavy atom. The Bertz CT molecular complexity index is 176. The zero-order valence-corrected chi connectivity index (χ0v) is 15.2. The molecule has 0 aliphatic rings. The van der Waals surface area contributed by atoms with Crippen LogP contribution in [0.15, 0.2) is 0 Å². The first-order valence-corrected chi connectivity index (χ1v) is 3.75. The van der Waals surface area contributed by atoms with Gasteiger partial charge in [0.15, 0.2) is 0 Å². The molecule has 0 unspecified atom stereocenters. The second kappa shape index (κ2) is 10.6. The van der Waals surface area contributed by atoms with E-state index in [0.29, 0.717) is 0 Å². The van der Waals surface area contributed by atoms with Gasteiger partial charge < -0.3 is 29.7 Å². The van der Waals surface area contributed by atoms with Crippen molar-refractivity contribution < 1.29 is 22.4 Å². The van der Waals surface area contributed by atoms with E-state index in [-0.39, 0.29) is 52.1 Å². The first-order valence-electron chi connectivity index (χ1n) is 3.75. The second-order valence-electron chi connectivity index (χ2n) is 3.12. The van der Waals surface area contributed by atoms with Crippen LogP contribution >= 0.6 is 0 Å². The Morgan fingerprint density at radius 1 is 0.667 bits per heavy atom. The zero-order valence-electron chi connectivity index (χ0n) is 11.9. The standard InChI is InChI=1S/C10H15.4CH3.Ta/c1-6-7(2)9(4)10(5)8(6)3;;;;;/h1-5H3;4*1H3;/q5*-1;+5. The average molecular weight is 376 g/mol. The maximum absolute atomic E-state index is 2.20. The number of hydrogen-bond donors (Lipinski definition) is 0. The van der Waals surface area contributed by atoms with Crippen LogP contribution in [0.2, 0.25) is 0 Å². The maximum Gasteiger partial charge on any atom is 5.00 e. The fourth-order valence-corrected chi connectivity index (χ4v) is 1.41. The predicted molar refractivity (Wildman–Crippen MR) is 71.4 cm³/mol. The van der Waals surface area contributed by atoms with Gasteiger partial charge in [-0.3, -0.25) is 0 Å². The van der Waals surface area contributed by atoms with E-state index in [9.17, 15) is 0 Å². The smallest absolute Gasteiger partial charge is 0.358 e. The molecule has 0 aliphatic carbocycles. The van der Waals surface area contributed by atoms with Crippen molar-refractivity contribution in [1.29, 1.82) is 0 Å². The van der Waals surface area contributed by atoms with Crippen LogP contribution in [0, 0.1) is 64.3 Å². The number of rotatable bonds is 0. The average Bonchev–Trinajstić information content (AvgIpc) is 2.07. The molecule has 1 aromatic rings. The molecular weight excluding hydrogens is 349 g/mol. The normalized spacial score (nSPS) is 7.00. The first kappa shape index (κ1) is 29.4. The zero-order chi connectivity index (χ0) is 7.89. The van der Waals surface area contributed by atoms with E-state index in [4.69, 9.17) is 0 Å². The van der Waals surface area contributed by atoms with Gasteiger partial charge in [-0.15, -0.1) is 0 Å². The minimum Gasteiger partial charge on any atom is -0.358 e. The summed E-state index contributed by atoms with van der Waals surface area (Å²) in [6.07, 6.45) is 0. The van der Waals surface area contributed by atoms with E-state index in [0.717, 1.165) is 0 Å². The molecule has 0 fully saturated rings. The van der Waals surface area contributed by atoms with Crippen LogP contribution in [-0.4, -0.2) is 0 Å². The molecule has 0 amide bonds. The van der Waals surface area contributed by atoms with Crippen molar-refractivity contribution in [3.05, 3.63) is 57.5 Å². The largest absolute Gasteiger partial charge is 5.00 e. The molecule has 1 rings (SSSR count). The van der Waals surface area contributed by atoms with Crippen molar-refractivity contribution in [2.45, 2.75) is 34.6 Å². The summed E-state index contributed by atoms with van der Waals surface area (Å²) in [7, 11) is 0. The van der Waals surface area contributed by atoms with Gasteiger partial charge in [0.25, 0.3) is 0 Å². The van der Waals surface area contributed by atoms with Gasteiger partial charge in [-0.05, 0) is 0 Å². The van der Waals surface area contributed by atoms with Crippen molar-refractivity contribution >= 4 is 0 Å². The van der Waals surface area contributed by atoms with Crippen molar-refractivity contribution in [3.8, 4) is 0 Å². The fraction of sp³-hybridized carbons (Fsp3) is 0.357. The maximum atomic E-state index is 2.20. The van der Waals surface area contributed by atoms with E-state index in [1.165, 1.54) is 27.8 Å². The molecule has 0 atom stereocenters. The van der Waals surface area contributed by atoms with Crippen LogP contribution in [-0.2, 0) is 22.4 Å². The summed E-state index contributed by atoms with van der Waals surface area (Å²) in [4.78, 5) is 0. The monoisotopic (exact) mass is 376 g/mol. The van der Waals surface area contributed by atoms with Crippen LogP contribution in [0.5, 0.6) is 0 Å². The molecule has 0 spiro atoms. The molecule has 0 aliphatic heterocycles. The summed E-state index contributed by atoms with van der Waals surface area (Å²) < 4.78 is 0. The molecule has 0 aromatic heterocycles. The van der Waals surface area contributed by atoms with Gasteiger partial charge in [-0.2, -0.15) is 27.8 Å². The summed E-state index contributed by atoms with van der Waals surface area (Å²) in [6, 6.07) is 0. The Balaban J connectivity index is -0.0000000667. The summed E-state index contributed by atoms with van der Waals surface area (Å²) in [5.41, 5.74) is 7.34. The Morgan fingerprint density at radius 3 is 0.933 bits per heavy atom. The molecule has 0 saturated heterocycles. The topological polar surface area (TPSA) is 0 Å². The molecule has 0 saturated carbocycles. The first-order chi connectivity index (χ1) is 4.55. The third-order valence-electron chi connectivity index (χ3n) is 2.81. The van der Waals surface area contributed by atoms with E-state index < -0.39 is 0 Å². The third kappa shape index (κ3) is 5.10. The van der Waals surface area contributed by atoms with Crippen molar-refractivity contribution in [1.82, 2.24) is 0 Å². The van der Waals surface area contributed by atoms with E-state index in [1.54, 1.807) is 0 Å². The SMILES string of the molecule is Cc1c(C)c(C)[c-](C)c1C.[CH3-].[CH3-].[CH3-].[CH3-].[Ta+5]. The molecular formula is C14H27Ta. The van der Waals surface area contributed by atoms with Gasteiger partial charge >= 0.3 is 22.4 Å². The van der Waals surface area contributed by atoms with E-state index in [1.807, 2.05) is 0 Å². The van der Waals surface area contributed by atoms with Gasteiger partial charge in [-0.25, -0.2) is 0 Å². The predicted octanol–water partition coefficient (Wildman–Crippen LogP) is 4.75. The molecule has 0 radical (unpaired) electrons. The summed E-state index contributed by atoms with van der Waals surface area (Å²) in [5.74, 6) is 0. The second-order valence-corrected chi connectivity index (χ2v) is 3.12. The quantitative estimate of drug-likeness (QED) is 0.574. The molecule has 15 heavy (non-hydrogen) atoms. The Hall–Kier alpha value is 0.0903. The summed E-state index contributed by atoms with van der Waals surface area (Å²) in [6.45, 7) is 11.0. The van der Waals surface area contributed by atoms with Gasteiger partial charge in [0.1, 0.15) is 0 Å². The van der Waals surface area contributed by atoms with Crippen LogP contribution in [0.25, 0.3) is 0 Å². The molecule has 0 N–H and O–H groups in total. The van der Waals surface area contributed by atoms with E-state index in [2.05, 4.69) is 34.6 Å². The van der Waals surface area contributed by atoms with Gasteiger partial charge in [0.05, 0.1) is 0 Å². The van der Waals surface area contributed by atoms with Crippen molar-refractivity contribution in [2.24, 2.45) is 0 Å². The molecule has 1 heteroatoms. The summed E-state index contributed by atoms with van der Waals surface area (Å²) in [5, 5.41) is 0. The minimum atomic E-state index is 0. The van der Waals surface area contributed by atoms with E-state index >= 15 is 0 Å². The summed E-state index contributed by atoms with van der Waals surface area (Å²) >= 11 is 0. The number of hydrogen-bond acceptors (Lipinski definition) is 0. The Kier molecular flexibility index (Phi) is 20.8. The van der Waals surface area contributed by atoms with Crippen LogP contribution in [0.3, 0.4) is 0 Å². The molecule has 0 heterocycles. The fourth-order valence-electron chi connectivity index (χ4n) is 1.41. The molecule has 1 aromatic carbocycles. The molecule has 88 valence electrons. The molecule has 0 bridgehead atoms. The van der Waals surface area contributed by atoms with Crippen LogP contribution < -0.4 is 0 Å². The van der Waals surface area contributed by atoms with Crippen LogP contribution in [0.4, 0.5) is 0 Å².